The van der Waals surface area contributed by atoms with Gasteiger partial charge in [-0.3, -0.25) is 4.79 Å². The van der Waals surface area contributed by atoms with Crippen LogP contribution in [0.1, 0.15) is 39.7 Å². The number of nitrogens with two attached hydrogens (primary N) is 1. The molecule has 0 unspecified atom stereocenters. The smallest absolute Gasteiger partial charge is 0.260 e. The van der Waals surface area contributed by atoms with Crippen molar-refractivity contribution in [2.24, 2.45) is 5.73 Å². The number of hydrogen-bond donors (Lipinski definition) is 2. The predicted octanol–water partition coefficient (Wildman–Crippen LogP) is 5.06. The van der Waals surface area contributed by atoms with Crippen LogP contribution in [0.3, 0.4) is 0 Å². The summed E-state index contributed by atoms with van der Waals surface area (Å²) in [6.45, 7) is 3.83. The molecule has 0 aliphatic rings. The molecule has 4 aromatic rings. The van der Waals surface area contributed by atoms with Crippen molar-refractivity contribution in [3.05, 3.63) is 112 Å². The number of aliphatic hydroxyl groups is 1. The van der Waals surface area contributed by atoms with E-state index in [1.54, 1.807) is 6.92 Å². The molecule has 198 valence electrons. The van der Waals surface area contributed by atoms with E-state index in [0.717, 1.165) is 29.2 Å². The van der Waals surface area contributed by atoms with Gasteiger partial charge in [-0.05, 0) is 48.6 Å². The van der Waals surface area contributed by atoms with Crippen molar-refractivity contribution in [2.45, 2.75) is 45.4 Å². The van der Waals surface area contributed by atoms with E-state index in [4.69, 9.17) is 10.3 Å². The number of nitrogens with zero attached hydrogens (tertiary/aromatic N) is 2. The number of aliphatic hydroxyl groups excluding tert-OH is 1. The highest BCUT2D eigenvalue weighted by molar-refractivity contribution is 6.00. The lowest BCUT2D eigenvalue weighted by molar-refractivity contribution is 0.0553. The zero-order chi connectivity index (χ0) is 27.2. The highest BCUT2D eigenvalue weighted by Crippen LogP contribution is 2.27. The summed E-state index contributed by atoms with van der Waals surface area (Å²) in [5.41, 5.74) is 10.0. The molecule has 0 fully saturated rings. The highest BCUT2D eigenvalue weighted by Gasteiger charge is 2.29. The Morgan fingerprint density at radius 1 is 1.00 bits per heavy atom. The SMILES string of the molecule is CCc1cccc(CN(C[C@@H](O)[C@@H](N)Cc2cc(F)cc(F)c2)C(=O)c2c(-c3ccccc3)noc2C)c1. The van der Waals surface area contributed by atoms with E-state index < -0.39 is 23.8 Å². The molecule has 3 N–H and O–H groups in total. The third-order valence-electron chi connectivity index (χ3n) is 6.48. The molecular formula is C30H31F2N3O3. The maximum atomic E-state index is 14.0. The van der Waals surface area contributed by atoms with Gasteiger partial charge in [0.15, 0.2) is 0 Å². The average Bonchev–Trinajstić information content (AvgIpc) is 3.29. The van der Waals surface area contributed by atoms with Crippen molar-refractivity contribution in [3.8, 4) is 11.3 Å². The first kappa shape index (κ1) is 27.2. The molecule has 0 aliphatic carbocycles. The Kier molecular flexibility index (Phi) is 8.66. The summed E-state index contributed by atoms with van der Waals surface area (Å²) in [6.07, 6.45) is -0.298. The number of aromatic nitrogens is 1. The van der Waals surface area contributed by atoms with E-state index in [0.29, 0.717) is 22.6 Å². The number of benzene rings is 3. The van der Waals surface area contributed by atoms with Gasteiger partial charge in [0.2, 0.25) is 0 Å². The van der Waals surface area contributed by atoms with Crippen molar-refractivity contribution in [1.82, 2.24) is 10.1 Å². The van der Waals surface area contributed by atoms with Crippen LogP contribution in [0.25, 0.3) is 11.3 Å². The fraction of sp³-hybridized carbons (Fsp3) is 0.267. The van der Waals surface area contributed by atoms with E-state index >= 15 is 0 Å². The minimum atomic E-state index is -1.17. The molecular weight excluding hydrogens is 488 g/mol. The first-order valence-corrected chi connectivity index (χ1v) is 12.5. The second-order valence-corrected chi connectivity index (χ2v) is 9.40. The van der Waals surface area contributed by atoms with Gasteiger partial charge >= 0.3 is 0 Å². The van der Waals surface area contributed by atoms with Crippen LogP contribution in [0.5, 0.6) is 0 Å². The quantitative estimate of drug-likeness (QED) is 0.305. The first-order valence-electron chi connectivity index (χ1n) is 12.5. The van der Waals surface area contributed by atoms with Crippen molar-refractivity contribution in [2.75, 3.05) is 6.54 Å². The molecule has 6 nitrogen and oxygen atoms in total. The minimum Gasteiger partial charge on any atom is -0.390 e. The van der Waals surface area contributed by atoms with Crippen LogP contribution >= 0.6 is 0 Å². The number of amides is 1. The minimum absolute atomic E-state index is 0.0325. The molecule has 8 heteroatoms. The zero-order valence-electron chi connectivity index (χ0n) is 21.4. The summed E-state index contributed by atoms with van der Waals surface area (Å²) in [4.78, 5) is 15.5. The number of carbonyl (C=O) groups excluding carboxylic acids is 1. The number of hydrogen-bond acceptors (Lipinski definition) is 5. The summed E-state index contributed by atoms with van der Waals surface area (Å²) in [6, 6.07) is 19.4. The van der Waals surface area contributed by atoms with Crippen molar-refractivity contribution < 1.29 is 23.2 Å². The summed E-state index contributed by atoms with van der Waals surface area (Å²) in [5.74, 6) is -1.45. The summed E-state index contributed by atoms with van der Waals surface area (Å²) < 4.78 is 32.7. The largest absolute Gasteiger partial charge is 0.390 e. The Labute approximate surface area is 220 Å². The number of carbonyl (C=O) groups is 1. The summed E-state index contributed by atoms with van der Waals surface area (Å²) in [5, 5.41) is 15.2. The lowest BCUT2D eigenvalue weighted by Gasteiger charge is -2.28. The van der Waals surface area contributed by atoms with E-state index in [9.17, 15) is 18.7 Å². The van der Waals surface area contributed by atoms with E-state index in [1.807, 2.05) is 61.5 Å². The van der Waals surface area contributed by atoms with Crippen LogP contribution in [-0.2, 0) is 19.4 Å². The van der Waals surface area contributed by atoms with Crippen LogP contribution in [0.2, 0.25) is 0 Å². The van der Waals surface area contributed by atoms with Gasteiger partial charge in [-0.2, -0.15) is 0 Å². The number of halogens is 2. The lowest BCUT2D eigenvalue weighted by atomic mass is 10.00. The molecule has 0 bridgehead atoms. The van der Waals surface area contributed by atoms with Gasteiger partial charge in [0.05, 0.1) is 6.10 Å². The summed E-state index contributed by atoms with van der Waals surface area (Å²) in [7, 11) is 0. The Morgan fingerprint density at radius 2 is 1.68 bits per heavy atom. The van der Waals surface area contributed by atoms with Crippen molar-refractivity contribution in [3.63, 3.8) is 0 Å². The van der Waals surface area contributed by atoms with Crippen LogP contribution in [0, 0.1) is 18.6 Å². The molecule has 38 heavy (non-hydrogen) atoms. The van der Waals surface area contributed by atoms with Crippen LogP contribution < -0.4 is 5.73 Å². The molecule has 0 aliphatic heterocycles. The molecule has 4 rings (SSSR count). The Morgan fingerprint density at radius 3 is 2.37 bits per heavy atom. The molecule has 1 amide bonds. The van der Waals surface area contributed by atoms with Gasteiger partial charge in [0, 0.05) is 30.8 Å². The normalized spacial score (nSPS) is 12.8. The zero-order valence-corrected chi connectivity index (χ0v) is 21.4. The van der Waals surface area contributed by atoms with Crippen LogP contribution in [0.4, 0.5) is 8.78 Å². The molecule has 1 heterocycles. The fourth-order valence-electron chi connectivity index (χ4n) is 4.46. The molecule has 1 aromatic heterocycles. The topological polar surface area (TPSA) is 92.6 Å². The summed E-state index contributed by atoms with van der Waals surface area (Å²) >= 11 is 0. The third kappa shape index (κ3) is 6.51. The van der Waals surface area contributed by atoms with E-state index in [1.165, 1.54) is 17.0 Å². The monoisotopic (exact) mass is 519 g/mol. The standard InChI is InChI=1S/C30H31F2N3O3/c1-3-20-8-7-9-21(12-20)17-35(18-27(36)26(33)15-22-13-24(31)16-25(32)14-22)30(37)28-19(2)38-34-29(28)23-10-5-4-6-11-23/h4-14,16,26-27,36H,3,15,17-18,33H2,1-2H3/t26-,27+/m0/s1. The highest BCUT2D eigenvalue weighted by atomic mass is 19.1. The number of rotatable bonds is 10. The van der Waals surface area contributed by atoms with Gasteiger partial charge in [-0.15, -0.1) is 0 Å². The van der Waals surface area contributed by atoms with E-state index in [-0.39, 0.29) is 25.4 Å². The van der Waals surface area contributed by atoms with Gasteiger partial charge in [-0.25, -0.2) is 8.78 Å². The first-order chi connectivity index (χ1) is 18.2. The van der Waals surface area contributed by atoms with Gasteiger partial charge in [0.1, 0.15) is 28.7 Å². The van der Waals surface area contributed by atoms with Gasteiger partial charge in [-0.1, -0.05) is 66.7 Å². The van der Waals surface area contributed by atoms with Crippen LogP contribution in [-0.4, -0.2) is 39.8 Å². The Hall–Kier alpha value is -3.88. The fourth-order valence-corrected chi connectivity index (χ4v) is 4.46. The molecule has 0 spiro atoms. The average molecular weight is 520 g/mol. The Balaban J connectivity index is 1.63. The van der Waals surface area contributed by atoms with E-state index in [2.05, 4.69) is 5.16 Å². The predicted molar refractivity (Wildman–Crippen MR) is 141 cm³/mol. The maximum absolute atomic E-state index is 14.0. The van der Waals surface area contributed by atoms with Gasteiger partial charge in [0.25, 0.3) is 5.91 Å². The van der Waals surface area contributed by atoms with Crippen molar-refractivity contribution >= 4 is 5.91 Å². The van der Waals surface area contributed by atoms with Crippen LogP contribution in [0.15, 0.2) is 77.3 Å². The third-order valence-corrected chi connectivity index (χ3v) is 6.48. The molecule has 0 saturated carbocycles. The lowest BCUT2D eigenvalue weighted by Crippen LogP contribution is -2.46. The molecule has 0 saturated heterocycles. The molecule has 3 aromatic carbocycles. The second-order valence-electron chi connectivity index (χ2n) is 9.40. The molecule has 0 radical (unpaired) electrons. The van der Waals surface area contributed by atoms with Gasteiger partial charge < -0.3 is 20.3 Å². The second kappa shape index (κ2) is 12.1. The molecule has 2 atom stereocenters. The number of aryl methyl sites for hydroxylation is 2. The maximum Gasteiger partial charge on any atom is 0.260 e. The van der Waals surface area contributed by atoms with Crippen molar-refractivity contribution in [1.29, 1.82) is 0 Å². The Bertz CT molecular complexity index is 1370.